The Balaban J connectivity index is 1.12. The minimum absolute atomic E-state index is 0.0594. The second-order valence-electron chi connectivity index (χ2n) is 14.0. The quantitative estimate of drug-likeness (QED) is 0.173. The molecule has 0 fully saturated rings. The predicted octanol–water partition coefficient (Wildman–Crippen LogP) is 13.2. The van der Waals surface area contributed by atoms with Crippen molar-refractivity contribution in [3.63, 3.8) is 0 Å². The standard InChI is InChI=1S/C49H27NO4/c51-47-36-23-22-32(27-42(36)52-41-24-21-31(26-37(41)47)30-14-10-13-29(25-30)28-11-2-1-3-12-28)50-38-18-7-4-15-33(38)43-44-34-16-5-8-19-39(34)53-48(44)49-45(46(43)50)35-17-6-9-20-40(35)54-49/h1-27H. The Morgan fingerprint density at radius 1 is 0.370 bits per heavy atom. The lowest BCUT2D eigenvalue weighted by molar-refractivity contribution is 0.633. The second kappa shape index (κ2) is 10.8. The van der Waals surface area contributed by atoms with Crippen molar-refractivity contribution in [3.8, 4) is 27.9 Å². The third-order valence-electron chi connectivity index (χ3n) is 11.0. The highest BCUT2D eigenvalue weighted by atomic mass is 16.4. The molecule has 0 aliphatic rings. The molecular weight excluding hydrogens is 667 g/mol. The molecule has 12 aromatic rings. The maximum atomic E-state index is 14.2. The van der Waals surface area contributed by atoms with Crippen LogP contribution in [0.15, 0.2) is 182 Å². The zero-order valence-electron chi connectivity index (χ0n) is 28.7. The molecule has 4 heterocycles. The van der Waals surface area contributed by atoms with Crippen molar-refractivity contribution < 1.29 is 13.3 Å². The monoisotopic (exact) mass is 693 g/mol. The Morgan fingerprint density at radius 2 is 0.981 bits per heavy atom. The fraction of sp³-hybridized carbons (Fsp3) is 0. The van der Waals surface area contributed by atoms with Crippen LogP contribution in [-0.2, 0) is 0 Å². The van der Waals surface area contributed by atoms with Crippen molar-refractivity contribution in [1.82, 2.24) is 4.57 Å². The van der Waals surface area contributed by atoms with Crippen molar-refractivity contribution in [3.05, 3.63) is 174 Å². The van der Waals surface area contributed by atoms with Gasteiger partial charge in [-0.2, -0.15) is 0 Å². The first-order valence-corrected chi connectivity index (χ1v) is 18.0. The topological polar surface area (TPSA) is 61.4 Å². The molecule has 0 atom stereocenters. The Bertz CT molecular complexity index is 3580. The summed E-state index contributed by atoms with van der Waals surface area (Å²) in [6.45, 7) is 0. The average Bonchev–Trinajstić information content (AvgIpc) is 3.91. The maximum Gasteiger partial charge on any atom is 0.200 e. The van der Waals surface area contributed by atoms with Gasteiger partial charge in [-0.05, 0) is 70.8 Å². The molecule has 4 aromatic heterocycles. The molecule has 12 rings (SSSR count). The van der Waals surface area contributed by atoms with Gasteiger partial charge in [0.2, 0.25) is 5.43 Å². The highest BCUT2D eigenvalue weighted by molar-refractivity contribution is 6.38. The SMILES string of the molecule is O=c1c2ccc(-n3c4ccccc4c4c5c6ccccc6oc5c5oc6ccccc6c5c43)cc2oc2ccc(-c3cccc(-c4ccccc4)c3)cc12. The number of aromatic nitrogens is 1. The molecule has 8 aromatic carbocycles. The Morgan fingerprint density at radius 3 is 1.78 bits per heavy atom. The highest BCUT2D eigenvalue weighted by Crippen LogP contribution is 2.48. The van der Waals surface area contributed by atoms with Gasteiger partial charge >= 0.3 is 0 Å². The van der Waals surface area contributed by atoms with Crippen LogP contribution in [-0.4, -0.2) is 4.57 Å². The lowest BCUT2D eigenvalue weighted by Crippen LogP contribution is -2.03. The molecule has 5 heteroatoms. The summed E-state index contributed by atoms with van der Waals surface area (Å²) in [4.78, 5) is 14.2. The fourth-order valence-electron chi connectivity index (χ4n) is 8.56. The van der Waals surface area contributed by atoms with Gasteiger partial charge in [-0.25, -0.2) is 0 Å². The number of fused-ring (bicyclic) bond motifs is 14. The number of hydrogen-bond acceptors (Lipinski definition) is 4. The van der Waals surface area contributed by atoms with Gasteiger partial charge in [0.25, 0.3) is 0 Å². The van der Waals surface area contributed by atoms with Crippen LogP contribution in [0.4, 0.5) is 0 Å². The Hall–Kier alpha value is -7.37. The smallest absolute Gasteiger partial charge is 0.200 e. The number of nitrogens with zero attached hydrogens (tertiary/aromatic N) is 1. The summed E-state index contributed by atoms with van der Waals surface area (Å²) in [6, 6.07) is 55.3. The van der Waals surface area contributed by atoms with E-state index in [0.29, 0.717) is 27.5 Å². The van der Waals surface area contributed by atoms with Crippen LogP contribution in [0.3, 0.4) is 0 Å². The van der Waals surface area contributed by atoms with E-state index in [-0.39, 0.29) is 5.43 Å². The van der Waals surface area contributed by atoms with E-state index in [1.807, 2.05) is 91.0 Å². The lowest BCUT2D eigenvalue weighted by Gasteiger charge is -2.11. The van der Waals surface area contributed by atoms with E-state index in [4.69, 9.17) is 13.3 Å². The van der Waals surface area contributed by atoms with E-state index in [1.54, 1.807) is 0 Å². The molecule has 252 valence electrons. The zero-order valence-corrected chi connectivity index (χ0v) is 28.7. The summed E-state index contributed by atoms with van der Waals surface area (Å²) >= 11 is 0. The van der Waals surface area contributed by atoms with E-state index in [0.717, 1.165) is 88.0 Å². The molecule has 0 radical (unpaired) electrons. The van der Waals surface area contributed by atoms with E-state index in [1.165, 1.54) is 0 Å². The molecular formula is C49H27NO4. The largest absolute Gasteiger partial charge is 0.456 e. The highest BCUT2D eigenvalue weighted by Gasteiger charge is 2.26. The molecule has 0 unspecified atom stereocenters. The van der Waals surface area contributed by atoms with Crippen molar-refractivity contribution in [2.24, 2.45) is 0 Å². The zero-order chi connectivity index (χ0) is 35.5. The van der Waals surface area contributed by atoms with E-state index in [2.05, 4.69) is 77.4 Å². The van der Waals surface area contributed by atoms with E-state index < -0.39 is 0 Å². The van der Waals surface area contributed by atoms with Gasteiger partial charge < -0.3 is 17.8 Å². The van der Waals surface area contributed by atoms with Crippen LogP contribution in [0.2, 0.25) is 0 Å². The molecule has 0 amide bonds. The third kappa shape index (κ3) is 4.01. The number of furan rings is 2. The normalized spacial score (nSPS) is 12.1. The minimum Gasteiger partial charge on any atom is -0.456 e. The Labute approximate surface area is 306 Å². The first-order valence-electron chi connectivity index (χ1n) is 18.0. The molecule has 0 spiro atoms. The van der Waals surface area contributed by atoms with Crippen molar-refractivity contribution in [1.29, 1.82) is 0 Å². The Kier molecular flexibility index (Phi) is 5.86. The molecule has 0 bridgehead atoms. The van der Waals surface area contributed by atoms with Crippen LogP contribution in [0.5, 0.6) is 0 Å². The first kappa shape index (κ1) is 29.2. The summed E-state index contributed by atoms with van der Waals surface area (Å²) in [7, 11) is 0. The number of hydrogen-bond donors (Lipinski definition) is 0. The molecule has 0 saturated heterocycles. The molecule has 0 aliphatic carbocycles. The van der Waals surface area contributed by atoms with E-state index in [9.17, 15) is 4.79 Å². The van der Waals surface area contributed by atoms with Crippen LogP contribution < -0.4 is 5.43 Å². The van der Waals surface area contributed by atoms with Gasteiger partial charge in [-0.3, -0.25) is 4.79 Å². The van der Waals surface area contributed by atoms with Crippen LogP contribution in [0.25, 0.3) is 116 Å². The van der Waals surface area contributed by atoms with Gasteiger partial charge in [-0.1, -0.05) is 109 Å². The number of benzene rings is 8. The summed E-state index contributed by atoms with van der Waals surface area (Å²) in [5.74, 6) is 0. The maximum absolute atomic E-state index is 14.2. The number of para-hydroxylation sites is 3. The minimum atomic E-state index is -0.0594. The van der Waals surface area contributed by atoms with Crippen molar-refractivity contribution >= 4 is 87.6 Å². The van der Waals surface area contributed by atoms with Gasteiger partial charge in [0, 0.05) is 38.7 Å². The van der Waals surface area contributed by atoms with Crippen LogP contribution >= 0.6 is 0 Å². The lowest BCUT2D eigenvalue weighted by atomic mass is 9.98. The van der Waals surface area contributed by atoms with Crippen LogP contribution in [0.1, 0.15) is 0 Å². The predicted molar refractivity (Wildman–Crippen MR) is 220 cm³/mol. The van der Waals surface area contributed by atoms with Crippen molar-refractivity contribution in [2.45, 2.75) is 0 Å². The molecule has 54 heavy (non-hydrogen) atoms. The third-order valence-corrected chi connectivity index (χ3v) is 11.0. The first-order chi connectivity index (χ1) is 26.7. The van der Waals surface area contributed by atoms with Gasteiger partial charge in [0.15, 0.2) is 11.2 Å². The fourth-order valence-corrected chi connectivity index (χ4v) is 8.56. The summed E-state index contributed by atoms with van der Waals surface area (Å²) in [5, 5.41) is 7.31. The van der Waals surface area contributed by atoms with Gasteiger partial charge in [0.1, 0.15) is 22.3 Å². The van der Waals surface area contributed by atoms with Crippen LogP contribution in [0, 0.1) is 0 Å². The molecule has 0 aliphatic heterocycles. The van der Waals surface area contributed by atoms with Gasteiger partial charge in [-0.15, -0.1) is 0 Å². The summed E-state index contributed by atoms with van der Waals surface area (Å²) in [6.07, 6.45) is 0. The average molecular weight is 694 g/mol. The summed E-state index contributed by atoms with van der Waals surface area (Å²) < 4.78 is 22.1. The van der Waals surface area contributed by atoms with Crippen molar-refractivity contribution in [2.75, 3.05) is 0 Å². The van der Waals surface area contributed by atoms with Gasteiger partial charge in [0.05, 0.1) is 27.2 Å². The summed E-state index contributed by atoms with van der Waals surface area (Å²) in [5.41, 5.74) is 11.3. The molecule has 0 saturated carbocycles. The second-order valence-corrected chi connectivity index (χ2v) is 14.0. The number of rotatable bonds is 3. The molecule has 5 nitrogen and oxygen atoms in total. The molecule has 0 N–H and O–H groups in total. The van der Waals surface area contributed by atoms with E-state index >= 15 is 0 Å².